The fourth-order valence-electron chi connectivity index (χ4n) is 1.96. The van der Waals surface area contributed by atoms with Gasteiger partial charge in [0.25, 0.3) is 0 Å². The van der Waals surface area contributed by atoms with Crippen molar-refractivity contribution in [3.63, 3.8) is 0 Å². The van der Waals surface area contributed by atoms with Crippen molar-refractivity contribution in [1.29, 1.82) is 0 Å². The molecule has 0 spiro atoms. The van der Waals surface area contributed by atoms with Gasteiger partial charge in [0.1, 0.15) is 5.82 Å². The molecule has 0 aliphatic heterocycles. The summed E-state index contributed by atoms with van der Waals surface area (Å²) < 4.78 is 13.4. The van der Waals surface area contributed by atoms with Crippen LogP contribution in [0.4, 0.5) is 4.39 Å². The zero-order valence-corrected chi connectivity index (χ0v) is 10.3. The minimum absolute atomic E-state index is 0.332. The predicted octanol–water partition coefficient (Wildman–Crippen LogP) is 2.52. The van der Waals surface area contributed by atoms with Crippen molar-refractivity contribution in [2.24, 2.45) is 0 Å². The second-order valence-corrected chi connectivity index (χ2v) is 4.71. The number of carboxylic acid groups (broad SMARTS) is 1. The summed E-state index contributed by atoms with van der Waals surface area (Å²) in [5, 5.41) is 8.55. The first-order chi connectivity index (χ1) is 8.54. The topological polar surface area (TPSA) is 40.5 Å². The fourth-order valence-corrected chi connectivity index (χ4v) is 1.96. The van der Waals surface area contributed by atoms with Crippen molar-refractivity contribution >= 4 is 12.0 Å². The molecule has 1 fully saturated rings. The third-order valence-corrected chi connectivity index (χ3v) is 3.00. The number of rotatable bonds is 5. The number of hydrogen-bond acceptors (Lipinski definition) is 2. The molecule has 0 unspecified atom stereocenters. The fraction of sp³-hybridized carbons (Fsp3) is 0.357. The average molecular weight is 249 g/mol. The Morgan fingerprint density at radius 1 is 1.50 bits per heavy atom. The van der Waals surface area contributed by atoms with Crippen LogP contribution in [0.1, 0.15) is 24.0 Å². The van der Waals surface area contributed by atoms with E-state index in [0.717, 1.165) is 11.6 Å². The van der Waals surface area contributed by atoms with Crippen LogP contribution in [0.2, 0.25) is 0 Å². The van der Waals surface area contributed by atoms with Crippen LogP contribution in [0.3, 0.4) is 0 Å². The van der Waals surface area contributed by atoms with E-state index in [1.54, 1.807) is 0 Å². The van der Waals surface area contributed by atoms with Crippen molar-refractivity contribution in [3.8, 4) is 0 Å². The van der Waals surface area contributed by atoms with Gasteiger partial charge < -0.3 is 5.11 Å². The monoisotopic (exact) mass is 249 g/mol. The molecule has 1 N–H and O–H groups in total. The van der Waals surface area contributed by atoms with E-state index in [0.29, 0.717) is 18.2 Å². The number of carboxylic acids is 1. The number of hydrogen-bond donors (Lipinski definition) is 1. The molecule has 0 radical (unpaired) electrons. The van der Waals surface area contributed by atoms with Gasteiger partial charge in [0, 0.05) is 18.7 Å². The Morgan fingerprint density at radius 3 is 2.83 bits per heavy atom. The largest absolute Gasteiger partial charge is 0.478 e. The molecule has 1 saturated carbocycles. The normalized spacial score (nSPS) is 15.5. The molecular formula is C14H16FNO2. The van der Waals surface area contributed by atoms with Crippen molar-refractivity contribution in [2.45, 2.75) is 25.4 Å². The lowest BCUT2D eigenvalue weighted by atomic mass is 10.1. The molecule has 0 aromatic heterocycles. The summed E-state index contributed by atoms with van der Waals surface area (Å²) in [6.45, 7) is 0.691. The zero-order chi connectivity index (χ0) is 13.1. The molecule has 3 nitrogen and oxygen atoms in total. The quantitative estimate of drug-likeness (QED) is 0.815. The van der Waals surface area contributed by atoms with E-state index in [2.05, 4.69) is 4.90 Å². The number of aliphatic carboxylic acids is 1. The molecule has 0 bridgehead atoms. The smallest absolute Gasteiger partial charge is 0.328 e. The van der Waals surface area contributed by atoms with E-state index in [9.17, 15) is 9.18 Å². The van der Waals surface area contributed by atoms with Gasteiger partial charge in [0.2, 0.25) is 0 Å². The van der Waals surface area contributed by atoms with Crippen LogP contribution in [0.25, 0.3) is 6.08 Å². The van der Waals surface area contributed by atoms with Crippen molar-refractivity contribution in [2.75, 3.05) is 7.05 Å². The van der Waals surface area contributed by atoms with Gasteiger partial charge in [-0.05, 0) is 49.2 Å². The van der Waals surface area contributed by atoms with Crippen LogP contribution in [0.15, 0.2) is 24.3 Å². The molecule has 18 heavy (non-hydrogen) atoms. The highest BCUT2D eigenvalue weighted by Gasteiger charge is 2.25. The summed E-state index contributed by atoms with van der Waals surface area (Å²) in [4.78, 5) is 12.6. The van der Waals surface area contributed by atoms with Crippen LogP contribution in [-0.4, -0.2) is 29.1 Å². The molecule has 4 heteroatoms. The highest BCUT2D eigenvalue weighted by atomic mass is 19.1. The maximum absolute atomic E-state index is 13.4. The zero-order valence-electron chi connectivity index (χ0n) is 10.3. The molecule has 1 aliphatic rings. The molecule has 0 atom stereocenters. The third-order valence-electron chi connectivity index (χ3n) is 3.00. The minimum Gasteiger partial charge on any atom is -0.478 e. The van der Waals surface area contributed by atoms with Gasteiger partial charge >= 0.3 is 5.97 Å². The Kier molecular flexibility index (Phi) is 3.77. The van der Waals surface area contributed by atoms with Crippen LogP contribution in [0, 0.1) is 5.82 Å². The van der Waals surface area contributed by atoms with E-state index in [1.165, 1.54) is 31.1 Å². The lowest BCUT2D eigenvalue weighted by Gasteiger charge is -2.15. The lowest BCUT2D eigenvalue weighted by molar-refractivity contribution is -0.131. The molecule has 0 saturated heterocycles. The molecular weight excluding hydrogens is 233 g/mol. The molecule has 96 valence electrons. The Bertz CT molecular complexity index is 481. The molecule has 0 heterocycles. The van der Waals surface area contributed by atoms with E-state index < -0.39 is 5.97 Å². The summed E-state index contributed by atoms with van der Waals surface area (Å²) in [6.07, 6.45) is 4.84. The van der Waals surface area contributed by atoms with Crippen LogP contribution < -0.4 is 0 Å². The highest BCUT2D eigenvalue weighted by Crippen LogP contribution is 2.27. The average Bonchev–Trinajstić information content (AvgIpc) is 3.09. The van der Waals surface area contributed by atoms with E-state index in [1.807, 2.05) is 13.1 Å². The van der Waals surface area contributed by atoms with Gasteiger partial charge in [-0.3, -0.25) is 4.90 Å². The summed E-state index contributed by atoms with van der Waals surface area (Å²) in [5.74, 6) is -1.36. The SMILES string of the molecule is CN(Cc1cc(F)cc(C=CC(=O)O)c1)C1CC1. The first-order valence-corrected chi connectivity index (χ1v) is 5.95. The van der Waals surface area contributed by atoms with Crippen LogP contribution in [0.5, 0.6) is 0 Å². The summed E-state index contributed by atoms with van der Waals surface area (Å²) in [7, 11) is 2.02. The van der Waals surface area contributed by atoms with Crippen molar-refractivity contribution < 1.29 is 14.3 Å². The van der Waals surface area contributed by atoms with Crippen LogP contribution >= 0.6 is 0 Å². The van der Waals surface area contributed by atoms with Gasteiger partial charge in [0.15, 0.2) is 0 Å². The number of benzene rings is 1. The maximum Gasteiger partial charge on any atom is 0.328 e. The van der Waals surface area contributed by atoms with Gasteiger partial charge in [-0.25, -0.2) is 9.18 Å². The molecule has 1 aromatic carbocycles. The Morgan fingerprint density at radius 2 is 2.22 bits per heavy atom. The molecule has 1 aliphatic carbocycles. The number of halogens is 1. The molecule has 0 amide bonds. The number of nitrogens with zero attached hydrogens (tertiary/aromatic N) is 1. The van der Waals surface area contributed by atoms with Crippen molar-refractivity contribution in [3.05, 3.63) is 41.2 Å². The Labute approximate surface area is 106 Å². The van der Waals surface area contributed by atoms with Crippen molar-refractivity contribution in [1.82, 2.24) is 4.90 Å². The molecule has 1 aromatic rings. The number of carbonyl (C=O) groups is 1. The van der Waals surface area contributed by atoms with E-state index in [-0.39, 0.29) is 5.82 Å². The predicted molar refractivity (Wildman–Crippen MR) is 67.6 cm³/mol. The summed E-state index contributed by atoms with van der Waals surface area (Å²) in [6, 6.07) is 5.27. The maximum atomic E-state index is 13.4. The first-order valence-electron chi connectivity index (χ1n) is 5.95. The minimum atomic E-state index is -1.03. The summed E-state index contributed by atoms with van der Waals surface area (Å²) in [5.41, 5.74) is 1.45. The van der Waals surface area contributed by atoms with Gasteiger partial charge in [-0.1, -0.05) is 6.07 Å². The lowest BCUT2D eigenvalue weighted by Crippen LogP contribution is -2.20. The Balaban J connectivity index is 2.12. The second-order valence-electron chi connectivity index (χ2n) is 4.71. The van der Waals surface area contributed by atoms with E-state index in [4.69, 9.17) is 5.11 Å². The molecule has 2 rings (SSSR count). The standard InChI is InChI=1S/C14H16FNO2/c1-16(13-3-4-13)9-11-6-10(2-5-14(17)18)7-12(15)8-11/h2,5-8,13H,3-4,9H2,1H3,(H,17,18). The Hall–Kier alpha value is -1.68. The first kappa shape index (κ1) is 12.8. The van der Waals surface area contributed by atoms with Gasteiger partial charge in [0.05, 0.1) is 0 Å². The summed E-state index contributed by atoms with van der Waals surface area (Å²) >= 11 is 0. The van der Waals surface area contributed by atoms with E-state index >= 15 is 0 Å². The van der Waals surface area contributed by atoms with Crippen LogP contribution in [-0.2, 0) is 11.3 Å². The van der Waals surface area contributed by atoms with Gasteiger partial charge in [-0.2, -0.15) is 0 Å². The van der Waals surface area contributed by atoms with Gasteiger partial charge in [-0.15, -0.1) is 0 Å². The third kappa shape index (κ3) is 3.67. The highest BCUT2D eigenvalue weighted by molar-refractivity contribution is 5.85. The second kappa shape index (κ2) is 5.31.